The molecule has 13 heteroatoms. The van der Waals surface area contributed by atoms with E-state index in [2.05, 4.69) is 19.8 Å². The van der Waals surface area contributed by atoms with Gasteiger partial charge in [-0.2, -0.15) is 0 Å². The molecule has 0 saturated carbocycles. The predicted molar refractivity (Wildman–Crippen MR) is 129 cm³/mol. The van der Waals surface area contributed by atoms with Gasteiger partial charge in [0.15, 0.2) is 0 Å². The zero-order valence-electron chi connectivity index (χ0n) is 22.0. The summed E-state index contributed by atoms with van der Waals surface area (Å²) in [4.78, 5) is 75.8. The van der Waals surface area contributed by atoms with Gasteiger partial charge in [0.2, 0.25) is 5.91 Å². The van der Waals surface area contributed by atoms with Crippen LogP contribution in [0.4, 0.5) is 0 Å². The minimum Gasteiger partial charge on any atom is -0.477 e. The fourth-order valence-corrected chi connectivity index (χ4v) is 4.49. The molecule has 0 bridgehead atoms. The highest BCUT2D eigenvalue weighted by atomic mass is 16.5. The molecule has 1 aliphatic rings. The summed E-state index contributed by atoms with van der Waals surface area (Å²) in [6, 6.07) is 0. The minimum atomic E-state index is -1.31. The largest absolute Gasteiger partial charge is 0.477 e. The second kappa shape index (κ2) is 12.9. The van der Waals surface area contributed by atoms with Crippen LogP contribution in [0.1, 0.15) is 59.9 Å². The number of carboxylic acid groups (broad SMARTS) is 1. The van der Waals surface area contributed by atoms with Gasteiger partial charge in [0.05, 0.1) is 46.8 Å². The lowest BCUT2D eigenvalue weighted by Gasteiger charge is -2.28. The third kappa shape index (κ3) is 6.99. The molecule has 208 valence electrons. The molecule has 0 aliphatic carbocycles. The highest BCUT2D eigenvalue weighted by Crippen LogP contribution is 2.37. The van der Waals surface area contributed by atoms with Gasteiger partial charge in [0.1, 0.15) is 5.69 Å². The summed E-state index contributed by atoms with van der Waals surface area (Å²) in [6.45, 7) is 1.64. The monoisotopic (exact) mass is 536 g/mol. The molecule has 1 aromatic heterocycles. The Morgan fingerprint density at radius 1 is 0.789 bits per heavy atom. The first-order valence-corrected chi connectivity index (χ1v) is 11.7. The number of hydrogen-bond donors (Lipinski definition) is 3. The topological polar surface area (TPSA) is 187 Å². The first-order valence-electron chi connectivity index (χ1n) is 11.7. The van der Waals surface area contributed by atoms with Crippen LogP contribution >= 0.6 is 0 Å². The first kappa shape index (κ1) is 30.1. The van der Waals surface area contributed by atoms with E-state index in [0.717, 1.165) is 0 Å². The normalized spacial score (nSPS) is 16.6. The summed E-state index contributed by atoms with van der Waals surface area (Å²) in [7, 11) is 4.81. The van der Waals surface area contributed by atoms with Gasteiger partial charge in [-0.3, -0.25) is 24.0 Å². The van der Waals surface area contributed by atoms with Gasteiger partial charge in [-0.1, -0.05) is 0 Å². The fourth-order valence-electron chi connectivity index (χ4n) is 4.49. The number of aromatic nitrogens is 1. The van der Waals surface area contributed by atoms with Crippen molar-refractivity contribution in [1.29, 1.82) is 0 Å². The van der Waals surface area contributed by atoms with Crippen molar-refractivity contribution in [1.82, 2.24) is 10.3 Å². The molecule has 0 fully saturated rings. The van der Waals surface area contributed by atoms with Crippen molar-refractivity contribution in [3.8, 4) is 0 Å². The molecule has 1 atom stereocenters. The van der Waals surface area contributed by atoms with Crippen LogP contribution in [-0.4, -0.2) is 79.8 Å². The highest BCUT2D eigenvalue weighted by molar-refractivity contribution is 6.00. The smallest absolute Gasteiger partial charge is 0.352 e. The van der Waals surface area contributed by atoms with Gasteiger partial charge in [0.25, 0.3) is 0 Å². The summed E-state index contributed by atoms with van der Waals surface area (Å²) < 4.78 is 18.9. The zero-order valence-corrected chi connectivity index (χ0v) is 22.0. The summed E-state index contributed by atoms with van der Waals surface area (Å²) in [5.41, 5.74) is -0.0255. The Morgan fingerprint density at radius 2 is 1.32 bits per heavy atom. The number of aromatic carboxylic acids is 1. The Bertz CT molecular complexity index is 1160. The lowest BCUT2D eigenvalue weighted by Crippen LogP contribution is -2.44. The molecule has 3 N–H and O–H groups in total. The number of nitrogens with one attached hydrogen (secondary N) is 2. The molecule has 1 aromatic rings. The summed E-state index contributed by atoms with van der Waals surface area (Å²) in [5, 5.41) is 12.7. The molecular weight excluding hydrogens is 504 g/mol. The molecule has 1 amide bonds. The number of carboxylic acids is 1. The van der Waals surface area contributed by atoms with Crippen molar-refractivity contribution >= 4 is 35.8 Å². The van der Waals surface area contributed by atoms with E-state index in [0.29, 0.717) is 16.8 Å². The van der Waals surface area contributed by atoms with Crippen molar-refractivity contribution in [3.05, 3.63) is 33.7 Å². The predicted octanol–water partition coefficient (Wildman–Crippen LogP) is 0.778. The van der Waals surface area contributed by atoms with Crippen molar-refractivity contribution in [2.45, 2.75) is 57.4 Å². The number of rotatable bonds is 13. The zero-order chi connectivity index (χ0) is 28.6. The van der Waals surface area contributed by atoms with Crippen LogP contribution in [0.25, 0.3) is 0 Å². The Labute approximate surface area is 218 Å². The number of methoxy groups -OCH3 is 4. The number of amides is 1. The van der Waals surface area contributed by atoms with Gasteiger partial charge in [-0.05, 0) is 36.5 Å². The van der Waals surface area contributed by atoms with Crippen molar-refractivity contribution in [2.75, 3.05) is 28.4 Å². The van der Waals surface area contributed by atoms with Crippen LogP contribution in [-0.2, 0) is 62.2 Å². The van der Waals surface area contributed by atoms with Crippen LogP contribution < -0.4 is 5.32 Å². The second-order valence-corrected chi connectivity index (χ2v) is 8.82. The molecule has 13 nitrogen and oxygen atoms in total. The lowest BCUT2D eigenvalue weighted by molar-refractivity contribution is -0.141. The molecule has 0 aromatic carbocycles. The average molecular weight is 537 g/mol. The molecule has 1 aliphatic heterocycles. The lowest BCUT2D eigenvalue weighted by atomic mass is 9.83. The molecule has 1 unspecified atom stereocenters. The van der Waals surface area contributed by atoms with Crippen LogP contribution in [0.2, 0.25) is 0 Å². The Kier molecular flexibility index (Phi) is 10.2. The van der Waals surface area contributed by atoms with Crippen molar-refractivity contribution in [2.24, 2.45) is 0 Å². The maximum absolute atomic E-state index is 13.0. The molecule has 0 radical (unpaired) electrons. The van der Waals surface area contributed by atoms with Gasteiger partial charge < -0.3 is 34.4 Å². The minimum absolute atomic E-state index is 0.00488. The fraction of sp³-hybridized carbons (Fsp3) is 0.520. The molecule has 0 saturated heterocycles. The summed E-state index contributed by atoms with van der Waals surface area (Å²) >= 11 is 0. The van der Waals surface area contributed by atoms with E-state index < -0.39 is 41.3 Å². The third-order valence-corrected chi connectivity index (χ3v) is 6.46. The van der Waals surface area contributed by atoms with E-state index >= 15 is 0 Å². The Morgan fingerprint density at radius 3 is 1.84 bits per heavy atom. The van der Waals surface area contributed by atoms with E-state index in [1.54, 1.807) is 6.92 Å². The number of aromatic amines is 1. The van der Waals surface area contributed by atoms with Gasteiger partial charge in [-0.15, -0.1) is 0 Å². The van der Waals surface area contributed by atoms with E-state index in [4.69, 9.17) is 9.47 Å². The maximum Gasteiger partial charge on any atom is 0.352 e. The molecule has 38 heavy (non-hydrogen) atoms. The van der Waals surface area contributed by atoms with Gasteiger partial charge in [-0.25, -0.2) is 4.79 Å². The standard InChI is InChI=1S/C25H32N2O11/c1-25(16(11-21(31)38-5)14(23(32)27-25)7-9-19(29)36-3)12-17-15(10-20(30)37-4)13(6-8-18(28)35-2)22(26-17)24(33)34/h26H,6-12H2,1-5H3,(H,27,32)(H,33,34). The van der Waals surface area contributed by atoms with Crippen LogP contribution in [0.5, 0.6) is 0 Å². The first-order chi connectivity index (χ1) is 17.9. The summed E-state index contributed by atoms with van der Waals surface area (Å²) in [5.74, 6) is -4.19. The quantitative estimate of drug-likeness (QED) is 0.239. The number of carbonyl (C=O) groups is 6. The van der Waals surface area contributed by atoms with Gasteiger partial charge >= 0.3 is 29.8 Å². The van der Waals surface area contributed by atoms with E-state index in [1.165, 1.54) is 28.4 Å². The number of esters is 4. The number of hydrogen-bond acceptors (Lipinski definition) is 10. The van der Waals surface area contributed by atoms with Crippen LogP contribution in [0.3, 0.4) is 0 Å². The van der Waals surface area contributed by atoms with Crippen LogP contribution in [0.15, 0.2) is 11.1 Å². The molecule has 0 spiro atoms. The van der Waals surface area contributed by atoms with Gasteiger partial charge in [0, 0.05) is 30.5 Å². The molecular formula is C25H32N2O11. The van der Waals surface area contributed by atoms with E-state index in [-0.39, 0.29) is 61.8 Å². The number of H-pyrrole nitrogens is 1. The molecule has 2 rings (SSSR count). The maximum atomic E-state index is 13.0. The van der Waals surface area contributed by atoms with Crippen LogP contribution in [0, 0.1) is 0 Å². The Hall–Kier alpha value is -4.16. The Balaban J connectivity index is 2.62. The van der Waals surface area contributed by atoms with Crippen molar-refractivity contribution < 1.29 is 52.8 Å². The third-order valence-electron chi connectivity index (χ3n) is 6.46. The number of carbonyl (C=O) groups excluding carboxylic acids is 5. The van der Waals surface area contributed by atoms with E-state index in [1.807, 2.05) is 0 Å². The van der Waals surface area contributed by atoms with Crippen molar-refractivity contribution in [3.63, 3.8) is 0 Å². The SMILES string of the molecule is COC(=O)CCC1=C(CC(=O)OC)C(C)(Cc2[nH]c(C(=O)O)c(CCC(=O)OC)c2CC(=O)OC)NC1=O. The highest BCUT2D eigenvalue weighted by Gasteiger charge is 2.43. The van der Waals surface area contributed by atoms with E-state index in [9.17, 15) is 33.9 Å². The number of ether oxygens (including phenoxy) is 4. The second-order valence-electron chi connectivity index (χ2n) is 8.82. The summed E-state index contributed by atoms with van der Waals surface area (Å²) in [6.07, 6.45) is -0.881. The molecule has 2 heterocycles. The average Bonchev–Trinajstić information content (AvgIpc) is 3.33.